The van der Waals surface area contributed by atoms with Gasteiger partial charge in [-0.1, -0.05) is 0 Å². The van der Waals surface area contributed by atoms with E-state index in [1.165, 1.54) is 0 Å². The second kappa shape index (κ2) is 5.93. The van der Waals surface area contributed by atoms with Gasteiger partial charge >= 0.3 is 0 Å². The summed E-state index contributed by atoms with van der Waals surface area (Å²) in [7, 11) is 0. The second-order valence-corrected chi connectivity index (χ2v) is 4.46. The van der Waals surface area contributed by atoms with Crippen molar-refractivity contribution < 1.29 is 5.11 Å². The van der Waals surface area contributed by atoms with Gasteiger partial charge in [-0.2, -0.15) is 0 Å². The number of aliphatic hydroxyl groups is 1. The molecular weight excluding hydrogens is 216 g/mol. The molecule has 1 fully saturated rings. The molecule has 0 bridgehead atoms. The van der Waals surface area contributed by atoms with Crippen LogP contribution < -0.4 is 10.2 Å². The van der Waals surface area contributed by atoms with E-state index in [4.69, 9.17) is 5.11 Å². The summed E-state index contributed by atoms with van der Waals surface area (Å²) in [5.74, 6) is 1.03. The normalized spacial score (nSPS) is 17.4. The number of rotatable bonds is 4. The zero-order valence-corrected chi connectivity index (χ0v) is 10.3. The molecule has 0 aromatic carbocycles. The number of hydrogen-bond donors (Lipinski definition) is 2. The van der Waals surface area contributed by atoms with E-state index in [0.29, 0.717) is 12.6 Å². The Morgan fingerprint density at radius 2 is 2.18 bits per heavy atom. The Hall–Kier alpha value is -1.20. The molecule has 94 valence electrons. The summed E-state index contributed by atoms with van der Waals surface area (Å²) in [4.78, 5) is 10.7. The fourth-order valence-corrected chi connectivity index (χ4v) is 2.19. The quantitative estimate of drug-likeness (QED) is 0.789. The topological polar surface area (TPSA) is 61.3 Å². The van der Waals surface area contributed by atoms with Crippen molar-refractivity contribution in [3.8, 4) is 0 Å². The van der Waals surface area contributed by atoms with Crippen LogP contribution in [-0.4, -0.2) is 47.4 Å². The molecule has 1 aromatic heterocycles. The average Bonchev–Trinajstić information content (AvgIpc) is 2.37. The maximum absolute atomic E-state index is 8.77. The monoisotopic (exact) mass is 236 g/mol. The SMILES string of the molecule is Cc1cc(N2CCC(NCCO)CC2)ncn1. The van der Waals surface area contributed by atoms with Crippen LogP contribution in [0.3, 0.4) is 0 Å². The molecule has 0 saturated carbocycles. The molecule has 5 nitrogen and oxygen atoms in total. The van der Waals surface area contributed by atoms with Gasteiger partial charge in [-0.25, -0.2) is 9.97 Å². The van der Waals surface area contributed by atoms with Crippen LogP contribution in [0.25, 0.3) is 0 Å². The van der Waals surface area contributed by atoms with Crippen LogP contribution in [-0.2, 0) is 0 Å². The Balaban J connectivity index is 1.86. The van der Waals surface area contributed by atoms with Crippen molar-refractivity contribution in [1.29, 1.82) is 0 Å². The molecule has 0 amide bonds. The van der Waals surface area contributed by atoms with Gasteiger partial charge in [0.05, 0.1) is 6.61 Å². The van der Waals surface area contributed by atoms with Gasteiger partial charge in [0, 0.05) is 37.4 Å². The van der Waals surface area contributed by atoms with Crippen molar-refractivity contribution in [2.75, 3.05) is 31.1 Å². The number of aliphatic hydroxyl groups excluding tert-OH is 1. The standard InChI is InChI=1S/C12H20N4O/c1-10-8-12(15-9-14-10)16-5-2-11(3-6-16)13-4-7-17/h8-9,11,13,17H,2-7H2,1H3. The Labute approximate surface area is 102 Å². The molecule has 0 aliphatic carbocycles. The van der Waals surface area contributed by atoms with E-state index in [9.17, 15) is 0 Å². The Bertz CT molecular complexity index is 350. The van der Waals surface area contributed by atoms with E-state index in [0.717, 1.165) is 37.4 Å². The zero-order valence-electron chi connectivity index (χ0n) is 10.3. The Morgan fingerprint density at radius 3 is 2.82 bits per heavy atom. The number of anilines is 1. The summed E-state index contributed by atoms with van der Waals surface area (Å²) in [6.45, 7) is 4.92. The van der Waals surface area contributed by atoms with E-state index >= 15 is 0 Å². The summed E-state index contributed by atoms with van der Waals surface area (Å²) >= 11 is 0. The minimum atomic E-state index is 0.214. The molecule has 0 spiro atoms. The third-order valence-corrected chi connectivity index (χ3v) is 3.15. The molecule has 17 heavy (non-hydrogen) atoms. The molecule has 5 heteroatoms. The molecule has 0 unspecified atom stereocenters. The van der Waals surface area contributed by atoms with Crippen LogP contribution in [0.2, 0.25) is 0 Å². The Kier molecular flexibility index (Phi) is 4.28. The summed E-state index contributed by atoms with van der Waals surface area (Å²) in [6, 6.07) is 2.56. The summed E-state index contributed by atoms with van der Waals surface area (Å²) in [5.41, 5.74) is 1.01. The molecule has 1 aromatic rings. The smallest absolute Gasteiger partial charge is 0.132 e. The van der Waals surface area contributed by atoms with Crippen LogP contribution in [0.1, 0.15) is 18.5 Å². The molecule has 2 heterocycles. The van der Waals surface area contributed by atoms with Crippen LogP contribution in [0.4, 0.5) is 5.82 Å². The predicted molar refractivity (Wildman–Crippen MR) is 67.1 cm³/mol. The molecule has 1 aliphatic rings. The highest BCUT2D eigenvalue weighted by Gasteiger charge is 2.19. The fourth-order valence-electron chi connectivity index (χ4n) is 2.19. The van der Waals surface area contributed by atoms with Crippen molar-refractivity contribution in [2.45, 2.75) is 25.8 Å². The lowest BCUT2D eigenvalue weighted by Crippen LogP contribution is -2.43. The van der Waals surface area contributed by atoms with Gasteiger partial charge in [0.15, 0.2) is 0 Å². The minimum absolute atomic E-state index is 0.214. The molecule has 2 rings (SSSR count). The maximum atomic E-state index is 8.77. The lowest BCUT2D eigenvalue weighted by Gasteiger charge is -2.33. The number of nitrogens with one attached hydrogen (secondary N) is 1. The molecule has 1 aliphatic heterocycles. The van der Waals surface area contributed by atoms with Gasteiger partial charge in [0.1, 0.15) is 12.1 Å². The van der Waals surface area contributed by atoms with Gasteiger partial charge in [-0.3, -0.25) is 0 Å². The fraction of sp³-hybridized carbons (Fsp3) is 0.667. The van der Waals surface area contributed by atoms with E-state index in [1.54, 1.807) is 6.33 Å². The van der Waals surface area contributed by atoms with Crippen molar-refractivity contribution in [1.82, 2.24) is 15.3 Å². The van der Waals surface area contributed by atoms with Crippen molar-refractivity contribution in [3.05, 3.63) is 18.1 Å². The lowest BCUT2D eigenvalue weighted by atomic mass is 10.1. The molecule has 2 N–H and O–H groups in total. The number of hydrogen-bond acceptors (Lipinski definition) is 5. The van der Waals surface area contributed by atoms with Crippen molar-refractivity contribution >= 4 is 5.82 Å². The van der Waals surface area contributed by atoms with E-state index in [2.05, 4.69) is 20.2 Å². The Morgan fingerprint density at radius 1 is 1.41 bits per heavy atom. The van der Waals surface area contributed by atoms with Gasteiger partial charge in [0.2, 0.25) is 0 Å². The van der Waals surface area contributed by atoms with Crippen LogP contribution in [0, 0.1) is 6.92 Å². The largest absolute Gasteiger partial charge is 0.395 e. The van der Waals surface area contributed by atoms with Crippen molar-refractivity contribution in [3.63, 3.8) is 0 Å². The van der Waals surface area contributed by atoms with Gasteiger partial charge in [-0.15, -0.1) is 0 Å². The summed E-state index contributed by atoms with van der Waals surface area (Å²) in [5, 5.41) is 12.1. The minimum Gasteiger partial charge on any atom is -0.395 e. The molecule has 1 saturated heterocycles. The summed E-state index contributed by atoms with van der Waals surface area (Å²) < 4.78 is 0. The van der Waals surface area contributed by atoms with Crippen LogP contribution in [0.5, 0.6) is 0 Å². The number of nitrogens with zero attached hydrogens (tertiary/aromatic N) is 3. The maximum Gasteiger partial charge on any atom is 0.132 e. The third-order valence-electron chi connectivity index (χ3n) is 3.15. The highest BCUT2D eigenvalue weighted by atomic mass is 16.3. The number of piperidine rings is 1. The zero-order chi connectivity index (χ0) is 12.1. The van der Waals surface area contributed by atoms with Crippen molar-refractivity contribution in [2.24, 2.45) is 0 Å². The van der Waals surface area contributed by atoms with E-state index in [1.807, 2.05) is 13.0 Å². The highest BCUT2D eigenvalue weighted by molar-refractivity contribution is 5.39. The van der Waals surface area contributed by atoms with Crippen LogP contribution >= 0.6 is 0 Å². The first-order valence-electron chi connectivity index (χ1n) is 6.17. The lowest BCUT2D eigenvalue weighted by molar-refractivity contribution is 0.277. The average molecular weight is 236 g/mol. The molecular formula is C12H20N4O. The van der Waals surface area contributed by atoms with E-state index in [-0.39, 0.29) is 6.61 Å². The van der Waals surface area contributed by atoms with Gasteiger partial charge in [-0.05, 0) is 19.8 Å². The number of aryl methyl sites for hydroxylation is 1. The molecule has 0 atom stereocenters. The predicted octanol–water partition coefficient (Wildman–Crippen LogP) is 0.336. The third kappa shape index (κ3) is 3.38. The van der Waals surface area contributed by atoms with Crippen LogP contribution in [0.15, 0.2) is 12.4 Å². The first-order chi connectivity index (χ1) is 8.29. The van der Waals surface area contributed by atoms with E-state index < -0.39 is 0 Å². The summed E-state index contributed by atoms with van der Waals surface area (Å²) in [6.07, 6.45) is 3.83. The van der Waals surface area contributed by atoms with Gasteiger partial charge in [0.25, 0.3) is 0 Å². The number of aromatic nitrogens is 2. The molecule has 0 radical (unpaired) electrons. The highest BCUT2D eigenvalue weighted by Crippen LogP contribution is 2.17. The first kappa shape index (κ1) is 12.3. The second-order valence-electron chi connectivity index (χ2n) is 4.46. The van der Waals surface area contributed by atoms with Gasteiger partial charge < -0.3 is 15.3 Å². The first-order valence-corrected chi connectivity index (χ1v) is 6.17.